The molecule has 2 amide bonds. The van der Waals surface area contributed by atoms with Crippen molar-refractivity contribution in [2.24, 2.45) is 35.5 Å². The summed E-state index contributed by atoms with van der Waals surface area (Å²) in [5, 5.41) is 11.8. The van der Waals surface area contributed by atoms with Crippen LogP contribution in [-0.4, -0.2) is 27.8 Å². The summed E-state index contributed by atoms with van der Waals surface area (Å²) in [6.45, 7) is 7.87. The molecule has 1 heterocycles. The zero-order chi connectivity index (χ0) is 20.8. The number of Topliss-reactive ketones (excluding diaryl/α,β-unsaturated/α-hetero) is 1. The van der Waals surface area contributed by atoms with Crippen LogP contribution in [0.5, 0.6) is 0 Å². The number of hydrogen-bond acceptors (Lipinski definition) is 5. The van der Waals surface area contributed by atoms with E-state index in [9.17, 15) is 14.4 Å². The van der Waals surface area contributed by atoms with Crippen LogP contribution in [0.4, 0.5) is 5.69 Å². The molecule has 4 unspecified atom stereocenters. The summed E-state index contributed by atoms with van der Waals surface area (Å²) in [6.07, 6.45) is 4.62. The smallest absolute Gasteiger partial charge is 0.243 e. The number of anilines is 1. The first-order valence-electron chi connectivity index (χ1n) is 9.93. The van der Waals surface area contributed by atoms with Crippen molar-refractivity contribution in [2.45, 2.75) is 47.0 Å². The predicted octanol–water partition coefficient (Wildman–Crippen LogP) is 3.06. The molecular formula is C21H31N3O4. The Morgan fingerprint density at radius 3 is 2.25 bits per heavy atom. The monoisotopic (exact) mass is 389 g/mol. The van der Waals surface area contributed by atoms with Crippen molar-refractivity contribution in [1.29, 1.82) is 0 Å². The molecule has 1 saturated carbocycles. The standard InChI is InChI=1S/C21H31N3O4/c1-12(2)17(11-18(25)24-28)15-5-6-16(20(15)26)19(13(3)4)21(27)23-14-7-9-22-10-8-14/h7-10,12-13,15-17,19,28H,5-6,11H2,1-4H3,(H,24,25)(H,22,23,27). The van der Waals surface area contributed by atoms with E-state index in [4.69, 9.17) is 5.21 Å². The van der Waals surface area contributed by atoms with E-state index in [0.29, 0.717) is 18.5 Å². The maximum absolute atomic E-state index is 13.2. The number of carbonyl (C=O) groups is 3. The molecule has 1 aliphatic rings. The van der Waals surface area contributed by atoms with E-state index in [2.05, 4.69) is 10.3 Å². The molecule has 1 aromatic rings. The molecule has 0 aliphatic heterocycles. The Hall–Kier alpha value is -2.28. The average Bonchev–Trinajstić information content (AvgIpc) is 3.01. The second-order valence-corrected chi connectivity index (χ2v) is 8.33. The summed E-state index contributed by atoms with van der Waals surface area (Å²) in [4.78, 5) is 41.8. The molecule has 0 saturated heterocycles. The number of aromatic nitrogens is 1. The highest BCUT2D eigenvalue weighted by Gasteiger charge is 2.46. The number of rotatable bonds is 8. The number of carbonyl (C=O) groups excluding carboxylic acids is 3. The molecule has 0 spiro atoms. The first-order chi connectivity index (χ1) is 13.3. The number of amides is 2. The quantitative estimate of drug-likeness (QED) is 0.468. The Balaban J connectivity index is 2.16. The summed E-state index contributed by atoms with van der Waals surface area (Å²) in [5.41, 5.74) is 2.33. The van der Waals surface area contributed by atoms with Crippen LogP contribution in [0, 0.1) is 35.5 Å². The number of hydrogen-bond donors (Lipinski definition) is 3. The third-order valence-corrected chi connectivity index (χ3v) is 5.84. The highest BCUT2D eigenvalue weighted by Crippen LogP contribution is 2.42. The summed E-state index contributed by atoms with van der Waals surface area (Å²) in [5.74, 6) is -1.65. The largest absolute Gasteiger partial charge is 0.326 e. The molecule has 0 aromatic carbocycles. The highest BCUT2D eigenvalue weighted by molar-refractivity contribution is 5.98. The van der Waals surface area contributed by atoms with Crippen LogP contribution >= 0.6 is 0 Å². The van der Waals surface area contributed by atoms with E-state index in [1.807, 2.05) is 27.7 Å². The minimum Gasteiger partial charge on any atom is -0.326 e. The lowest BCUT2D eigenvalue weighted by atomic mass is 9.76. The van der Waals surface area contributed by atoms with Gasteiger partial charge in [-0.1, -0.05) is 27.7 Å². The van der Waals surface area contributed by atoms with E-state index in [0.717, 1.165) is 0 Å². The normalized spacial score (nSPS) is 21.6. The van der Waals surface area contributed by atoms with Crippen molar-refractivity contribution >= 4 is 23.3 Å². The molecule has 154 valence electrons. The van der Waals surface area contributed by atoms with Gasteiger partial charge in [0.05, 0.1) is 5.92 Å². The van der Waals surface area contributed by atoms with E-state index >= 15 is 0 Å². The summed E-state index contributed by atoms with van der Waals surface area (Å²) in [7, 11) is 0. The molecule has 0 radical (unpaired) electrons. The fraction of sp³-hybridized carbons (Fsp3) is 0.619. The number of nitrogens with one attached hydrogen (secondary N) is 2. The van der Waals surface area contributed by atoms with Crippen LogP contribution in [0.3, 0.4) is 0 Å². The molecule has 1 aliphatic carbocycles. The van der Waals surface area contributed by atoms with Crippen LogP contribution in [0.25, 0.3) is 0 Å². The van der Waals surface area contributed by atoms with Crippen LogP contribution < -0.4 is 10.8 Å². The Morgan fingerprint density at radius 1 is 1.11 bits per heavy atom. The third-order valence-electron chi connectivity index (χ3n) is 5.84. The lowest BCUT2D eigenvalue weighted by Gasteiger charge is -2.28. The van der Waals surface area contributed by atoms with Gasteiger partial charge in [0.1, 0.15) is 5.78 Å². The molecule has 28 heavy (non-hydrogen) atoms. The maximum Gasteiger partial charge on any atom is 0.243 e. The number of nitrogens with zero attached hydrogens (tertiary/aromatic N) is 1. The number of hydroxylamine groups is 1. The number of ketones is 1. The van der Waals surface area contributed by atoms with Crippen LogP contribution in [0.2, 0.25) is 0 Å². The van der Waals surface area contributed by atoms with Crippen LogP contribution in [0.15, 0.2) is 24.5 Å². The van der Waals surface area contributed by atoms with Crippen molar-refractivity contribution in [3.05, 3.63) is 24.5 Å². The lowest BCUT2D eigenvalue weighted by molar-refractivity contribution is -0.135. The van der Waals surface area contributed by atoms with Gasteiger partial charge in [-0.2, -0.15) is 0 Å². The van der Waals surface area contributed by atoms with E-state index in [-0.39, 0.29) is 47.7 Å². The predicted molar refractivity (Wildman–Crippen MR) is 105 cm³/mol. The minimum atomic E-state index is -0.481. The zero-order valence-corrected chi connectivity index (χ0v) is 17.0. The second-order valence-electron chi connectivity index (χ2n) is 8.33. The Morgan fingerprint density at radius 2 is 1.71 bits per heavy atom. The zero-order valence-electron chi connectivity index (χ0n) is 17.0. The fourth-order valence-electron chi connectivity index (χ4n) is 4.41. The second kappa shape index (κ2) is 9.78. The first-order valence-corrected chi connectivity index (χ1v) is 9.93. The molecule has 7 nitrogen and oxygen atoms in total. The molecular weight excluding hydrogens is 358 g/mol. The van der Waals surface area contributed by atoms with Gasteiger partial charge in [0.15, 0.2) is 0 Å². The Bertz CT molecular complexity index is 690. The molecule has 4 atom stereocenters. The average molecular weight is 389 g/mol. The van der Waals surface area contributed by atoms with Crippen molar-refractivity contribution in [1.82, 2.24) is 10.5 Å². The first kappa shape index (κ1) is 22.0. The molecule has 1 aromatic heterocycles. The summed E-state index contributed by atoms with van der Waals surface area (Å²) in [6, 6.07) is 3.44. The van der Waals surface area contributed by atoms with Gasteiger partial charge in [0, 0.05) is 36.3 Å². The van der Waals surface area contributed by atoms with Crippen LogP contribution in [-0.2, 0) is 14.4 Å². The van der Waals surface area contributed by atoms with Crippen molar-refractivity contribution in [3.63, 3.8) is 0 Å². The van der Waals surface area contributed by atoms with E-state index < -0.39 is 11.8 Å². The lowest BCUT2D eigenvalue weighted by Crippen LogP contribution is -2.38. The van der Waals surface area contributed by atoms with Crippen molar-refractivity contribution in [2.75, 3.05) is 5.32 Å². The molecule has 0 bridgehead atoms. The minimum absolute atomic E-state index is 0.00720. The van der Waals surface area contributed by atoms with Gasteiger partial charge >= 0.3 is 0 Å². The van der Waals surface area contributed by atoms with Gasteiger partial charge in [-0.15, -0.1) is 0 Å². The summed E-state index contributed by atoms with van der Waals surface area (Å²) >= 11 is 0. The maximum atomic E-state index is 13.2. The highest BCUT2D eigenvalue weighted by atomic mass is 16.5. The SMILES string of the molecule is CC(C)C(CC(=O)NO)C1CCC(C(C(=O)Nc2ccncc2)C(C)C)C1=O. The molecule has 2 rings (SSSR count). The number of pyridine rings is 1. The van der Waals surface area contributed by atoms with Crippen LogP contribution in [0.1, 0.15) is 47.0 Å². The van der Waals surface area contributed by atoms with Gasteiger partial charge in [-0.3, -0.25) is 24.6 Å². The van der Waals surface area contributed by atoms with Gasteiger partial charge in [-0.25, -0.2) is 5.48 Å². The Labute approximate surface area is 166 Å². The van der Waals surface area contributed by atoms with Gasteiger partial charge in [-0.05, 0) is 42.7 Å². The van der Waals surface area contributed by atoms with E-state index in [1.54, 1.807) is 30.0 Å². The van der Waals surface area contributed by atoms with Crippen molar-refractivity contribution in [3.8, 4) is 0 Å². The van der Waals surface area contributed by atoms with Gasteiger partial charge in [0.25, 0.3) is 0 Å². The van der Waals surface area contributed by atoms with Crippen molar-refractivity contribution < 1.29 is 19.6 Å². The van der Waals surface area contributed by atoms with E-state index in [1.165, 1.54) is 0 Å². The van der Waals surface area contributed by atoms with Gasteiger partial charge in [0.2, 0.25) is 11.8 Å². The topological polar surface area (TPSA) is 108 Å². The fourth-order valence-corrected chi connectivity index (χ4v) is 4.41. The third kappa shape index (κ3) is 5.16. The molecule has 7 heteroatoms. The summed E-state index contributed by atoms with van der Waals surface area (Å²) < 4.78 is 0. The molecule has 1 fully saturated rings. The Kier molecular flexibility index (Phi) is 7.69. The molecule has 3 N–H and O–H groups in total. The van der Waals surface area contributed by atoms with Gasteiger partial charge < -0.3 is 5.32 Å².